The number of benzene rings is 1. The summed E-state index contributed by atoms with van der Waals surface area (Å²) >= 11 is 13.1. The van der Waals surface area contributed by atoms with Gasteiger partial charge in [0.25, 0.3) is 0 Å². The Hall–Kier alpha value is -0.510. The van der Waals surface area contributed by atoms with E-state index in [1.807, 2.05) is 12.1 Å². The zero-order valence-corrected chi connectivity index (χ0v) is 12.2. The minimum Gasteiger partial charge on any atom is -0.345 e. The van der Waals surface area contributed by atoms with Crippen LogP contribution >= 0.6 is 35.6 Å². The van der Waals surface area contributed by atoms with E-state index in [9.17, 15) is 0 Å². The summed E-state index contributed by atoms with van der Waals surface area (Å²) in [4.78, 5) is 0. The first-order chi connectivity index (χ1) is 8.74. The lowest BCUT2D eigenvalue weighted by molar-refractivity contribution is 0.482. The molecular formula is C14H14ClNS2. The van der Waals surface area contributed by atoms with Crippen LogP contribution in [-0.2, 0) is 0 Å². The standard InChI is InChI=1S/C14H14ClNS2/c15-10-7-5-9(6-8-10)13-11-3-1-2-4-12(11)16-14(17)18-13/h4-8,11,13H,1-3H2,(H,16,17)/t11-,13+/m0/s1. The molecule has 0 spiro atoms. The minimum atomic E-state index is 0.433. The fourth-order valence-electron chi connectivity index (χ4n) is 2.66. The van der Waals surface area contributed by atoms with Gasteiger partial charge in [0.05, 0.1) is 0 Å². The number of allylic oxidation sites excluding steroid dienone is 2. The zero-order valence-electron chi connectivity index (χ0n) is 9.86. The number of thiocarbonyl (C=S) groups is 1. The molecule has 3 rings (SSSR count). The highest BCUT2D eigenvalue weighted by molar-refractivity contribution is 8.23. The maximum absolute atomic E-state index is 5.96. The second kappa shape index (κ2) is 5.24. The lowest BCUT2D eigenvalue weighted by Crippen LogP contribution is -2.34. The molecule has 2 atom stereocenters. The van der Waals surface area contributed by atoms with Crippen molar-refractivity contribution in [2.45, 2.75) is 24.5 Å². The summed E-state index contributed by atoms with van der Waals surface area (Å²) in [6.45, 7) is 0. The summed E-state index contributed by atoms with van der Waals surface area (Å²) in [5.41, 5.74) is 2.65. The highest BCUT2D eigenvalue weighted by atomic mass is 35.5. The molecule has 0 aromatic heterocycles. The molecule has 1 saturated heterocycles. The van der Waals surface area contributed by atoms with E-state index < -0.39 is 0 Å². The fraction of sp³-hybridized carbons (Fsp3) is 0.357. The minimum absolute atomic E-state index is 0.433. The summed E-state index contributed by atoms with van der Waals surface area (Å²) < 4.78 is 0.888. The first-order valence-electron chi connectivity index (χ1n) is 6.17. The maximum Gasteiger partial charge on any atom is 0.138 e. The van der Waals surface area contributed by atoms with E-state index in [1.165, 1.54) is 30.5 Å². The van der Waals surface area contributed by atoms with Gasteiger partial charge >= 0.3 is 0 Å². The topological polar surface area (TPSA) is 12.0 Å². The highest BCUT2D eigenvalue weighted by Crippen LogP contribution is 2.46. The van der Waals surface area contributed by atoms with Gasteiger partial charge in [-0.25, -0.2) is 0 Å². The van der Waals surface area contributed by atoms with E-state index in [2.05, 4.69) is 23.5 Å². The van der Waals surface area contributed by atoms with Gasteiger partial charge in [0, 0.05) is 21.9 Å². The Labute approximate surface area is 122 Å². The molecule has 1 aromatic rings. The Kier molecular flexibility index (Phi) is 3.64. The van der Waals surface area contributed by atoms with Crippen LogP contribution in [0.4, 0.5) is 0 Å². The van der Waals surface area contributed by atoms with Crippen molar-refractivity contribution in [2.75, 3.05) is 0 Å². The summed E-state index contributed by atoms with van der Waals surface area (Å²) in [5, 5.41) is 4.58. The molecule has 1 N–H and O–H groups in total. The predicted molar refractivity (Wildman–Crippen MR) is 82.9 cm³/mol. The van der Waals surface area contributed by atoms with Crippen LogP contribution in [0.5, 0.6) is 0 Å². The summed E-state index contributed by atoms with van der Waals surface area (Å²) in [6.07, 6.45) is 5.98. The molecule has 0 radical (unpaired) electrons. The van der Waals surface area contributed by atoms with Crippen LogP contribution in [0.25, 0.3) is 0 Å². The van der Waals surface area contributed by atoms with Crippen molar-refractivity contribution in [1.82, 2.24) is 5.32 Å². The summed E-state index contributed by atoms with van der Waals surface area (Å²) in [6, 6.07) is 8.18. The SMILES string of the molecule is S=C1NC2=CCCC[C@@H]2[C@@H](c2ccc(Cl)cc2)S1. The largest absolute Gasteiger partial charge is 0.345 e. The average Bonchev–Trinajstić information content (AvgIpc) is 2.38. The molecule has 1 aromatic carbocycles. The van der Waals surface area contributed by atoms with Gasteiger partial charge in [0.1, 0.15) is 4.32 Å². The van der Waals surface area contributed by atoms with Crippen LogP contribution in [0.3, 0.4) is 0 Å². The van der Waals surface area contributed by atoms with Gasteiger partial charge in [-0.3, -0.25) is 0 Å². The molecule has 0 unspecified atom stereocenters. The number of nitrogens with one attached hydrogen (secondary N) is 1. The zero-order chi connectivity index (χ0) is 12.5. The third-order valence-electron chi connectivity index (χ3n) is 3.53. The smallest absolute Gasteiger partial charge is 0.138 e. The second-order valence-corrected chi connectivity index (χ2v) is 6.95. The molecule has 18 heavy (non-hydrogen) atoms. The van der Waals surface area contributed by atoms with Crippen molar-refractivity contribution >= 4 is 39.9 Å². The van der Waals surface area contributed by atoms with Gasteiger partial charge in [-0.15, -0.1) is 0 Å². The Bertz CT molecular complexity index is 495. The van der Waals surface area contributed by atoms with Crippen LogP contribution in [0, 0.1) is 5.92 Å². The van der Waals surface area contributed by atoms with E-state index in [1.54, 1.807) is 11.8 Å². The summed E-state index contributed by atoms with van der Waals surface area (Å²) in [5.74, 6) is 0.566. The number of fused-ring (bicyclic) bond motifs is 1. The van der Waals surface area contributed by atoms with Gasteiger partial charge in [0.15, 0.2) is 0 Å². The normalized spacial score (nSPS) is 27.2. The Morgan fingerprint density at radius 1 is 1.28 bits per heavy atom. The van der Waals surface area contributed by atoms with Gasteiger partial charge in [-0.05, 0) is 37.0 Å². The molecule has 1 fully saturated rings. The second-order valence-electron chi connectivity index (χ2n) is 4.70. The van der Waals surface area contributed by atoms with Gasteiger partial charge in [-0.1, -0.05) is 53.8 Å². The number of thioether (sulfide) groups is 1. The molecule has 0 saturated carbocycles. The van der Waals surface area contributed by atoms with Gasteiger partial charge < -0.3 is 5.32 Å². The van der Waals surface area contributed by atoms with Crippen LogP contribution in [0.2, 0.25) is 5.02 Å². The van der Waals surface area contributed by atoms with Gasteiger partial charge in [-0.2, -0.15) is 0 Å². The molecule has 2 aliphatic rings. The highest BCUT2D eigenvalue weighted by Gasteiger charge is 2.34. The van der Waals surface area contributed by atoms with E-state index in [0.717, 1.165) is 9.34 Å². The molecule has 1 aliphatic heterocycles. The van der Waals surface area contributed by atoms with Crippen LogP contribution in [0.1, 0.15) is 30.1 Å². The van der Waals surface area contributed by atoms with Crippen molar-refractivity contribution in [3.63, 3.8) is 0 Å². The predicted octanol–water partition coefficient (Wildman–Crippen LogP) is 4.69. The van der Waals surface area contributed by atoms with Crippen molar-refractivity contribution in [3.8, 4) is 0 Å². The number of halogens is 1. The quantitative estimate of drug-likeness (QED) is 0.755. The van der Waals surface area contributed by atoms with Crippen molar-refractivity contribution < 1.29 is 0 Å². The molecule has 94 valence electrons. The van der Waals surface area contributed by atoms with Crippen molar-refractivity contribution in [2.24, 2.45) is 5.92 Å². The number of rotatable bonds is 1. The lowest BCUT2D eigenvalue weighted by atomic mass is 9.86. The summed E-state index contributed by atoms with van der Waals surface area (Å²) in [7, 11) is 0. The maximum atomic E-state index is 5.96. The lowest BCUT2D eigenvalue weighted by Gasteiger charge is -2.37. The first-order valence-corrected chi connectivity index (χ1v) is 7.84. The average molecular weight is 296 g/mol. The van der Waals surface area contributed by atoms with E-state index in [4.69, 9.17) is 23.8 Å². The van der Waals surface area contributed by atoms with Crippen molar-refractivity contribution in [3.05, 3.63) is 46.6 Å². The monoisotopic (exact) mass is 295 g/mol. The Balaban J connectivity index is 1.94. The molecular weight excluding hydrogens is 282 g/mol. The van der Waals surface area contributed by atoms with Crippen LogP contribution < -0.4 is 5.32 Å². The third kappa shape index (κ3) is 2.44. The van der Waals surface area contributed by atoms with Crippen molar-refractivity contribution in [1.29, 1.82) is 0 Å². The van der Waals surface area contributed by atoms with Gasteiger partial charge in [0.2, 0.25) is 0 Å². The Morgan fingerprint density at radius 3 is 2.83 bits per heavy atom. The van der Waals surface area contributed by atoms with E-state index in [-0.39, 0.29) is 0 Å². The molecule has 0 amide bonds. The molecule has 4 heteroatoms. The Morgan fingerprint density at radius 2 is 2.06 bits per heavy atom. The third-order valence-corrected chi connectivity index (χ3v) is 5.34. The van der Waals surface area contributed by atoms with Crippen LogP contribution in [-0.4, -0.2) is 4.32 Å². The first kappa shape index (κ1) is 12.5. The number of hydrogen-bond donors (Lipinski definition) is 1. The molecule has 0 bridgehead atoms. The van der Waals surface area contributed by atoms with E-state index >= 15 is 0 Å². The molecule has 1 heterocycles. The molecule has 1 aliphatic carbocycles. The molecule has 1 nitrogen and oxygen atoms in total. The fourth-order valence-corrected chi connectivity index (χ4v) is 4.36. The van der Waals surface area contributed by atoms with E-state index in [0.29, 0.717) is 11.2 Å². The van der Waals surface area contributed by atoms with Crippen LogP contribution in [0.15, 0.2) is 36.0 Å². The number of hydrogen-bond acceptors (Lipinski definition) is 2.